The van der Waals surface area contributed by atoms with Crippen LogP contribution in [-0.4, -0.2) is 4.57 Å². The van der Waals surface area contributed by atoms with Crippen molar-refractivity contribution in [2.24, 2.45) is 0 Å². The van der Waals surface area contributed by atoms with E-state index in [0.29, 0.717) is 0 Å². The van der Waals surface area contributed by atoms with Gasteiger partial charge in [-0.05, 0) is 29.8 Å². The minimum absolute atomic E-state index is 0.925. The molecule has 3 aromatic rings. The minimum Gasteiger partial charge on any atom is -0.343 e. The highest BCUT2D eigenvalue weighted by molar-refractivity contribution is 5.79. The van der Waals surface area contributed by atoms with Gasteiger partial charge in [0.25, 0.3) is 0 Å². The largest absolute Gasteiger partial charge is 0.343 e. The van der Waals surface area contributed by atoms with Crippen LogP contribution < -0.4 is 0 Å². The van der Waals surface area contributed by atoms with Crippen molar-refractivity contribution >= 4 is 10.9 Å². The Morgan fingerprint density at radius 1 is 1.00 bits per heavy atom. The molecule has 0 spiro atoms. The summed E-state index contributed by atoms with van der Waals surface area (Å²) in [5, 5.41) is 1.25. The number of fused-ring (bicyclic) bond motifs is 1. The van der Waals surface area contributed by atoms with E-state index in [-0.39, 0.29) is 0 Å². The number of benzene rings is 2. The summed E-state index contributed by atoms with van der Waals surface area (Å²) < 4.78 is 2.26. The monoisotopic (exact) mass is 206 g/mol. The van der Waals surface area contributed by atoms with Crippen molar-refractivity contribution in [1.82, 2.24) is 4.57 Å². The van der Waals surface area contributed by atoms with Crippen LogP contribution in [0.3, 0.4) is 0 Å². The Bertz CT molecular complexity index is 593. The van der Waals surface area contributed by atoms with Gasteiger partial charge in [-0.1, -0.05) is 36.4 Å². The molecule has 0 saturated heterocycles. The topological polar surface area (TPSA) is 4.93 Å². The van der Waals surface area contributed by atoms with Crippen LogP contribution >= 0.6 is 0 Å². The van der Waals surface area contributed by atoms with E-state index in [0.717, 1.165) is 6.54 Å². The third-order valence-corrected chi connectivity index (χ3v) is 2.81. The Morgan fingerprint density at radius 3 is 2.75 bits per heavy atom. The summed E-state index contributed by atoms with van der Waals surface area (Å²) in [5.41, 5.74) is 2.59. The normalized spacial score (nSPS) is 10.8. The lowest BCUT2D eigenvalue weighted by Crippen LogP contribution is -1.96. The molecule has 0 N–H and O–H groups in total. The minimum atomic E-state index is 0.925. The number of hydrogen-bond acceptors (Lipinski definition) is 0. The summed E-state index contributed by atoms with van der Waals surface area (Å²) in [4.78, 5) is 0. The highest BCUT2D eigenvalue weighted by atomic mass is 14.9. The quantitative estimate of drug-likeness (QED) is 0.605. The standard InChI is InChI=1S/C15H12N/c1-2-6-13(7-3-1)12-16-11-10-14-8-4-5-9-15(14)16/h1-3,5-11H,12H2. The van der Waals surface area contributed by atoms with Gasteiger partial charge >= 0.3 is 0 Å². The van der Waals surface area contributed by atoms with Crippen LogP contribution in [0.25, 0.3) is 10.9 Å². The van der Waals surface area contributed by atoms with Gasteiger partial charge in [0.2, 0.25) is 0 Å². The maximum Gasteiger partial charge on any atom is 0.0483 e. The summed E-state index contributed by atoms with van der Waals surface area (Å²) in [6.07, 6.45) is 2.13. The molecule has 77 valence electrons. The van der Waals surface area contributed by atoms with Crippen LogP contribution in [0.4, 0.5) is 0 Å². The predicted octanol–water partition coefficient (Wildman–Crippen LogP) is 3.49. The van der Waals surface area contributed by atoms with E-state index in [2.05, 4.69) is 53.2 Å². The van der Waals surface area contributed by atoms with Crippen molar-refractivity contribution in [2.75, 3.05) is 0 Å². The zero-order valence-corrected chi connectivity index (χ0v) is 8.93. The third-order valence-electron chi connectivity index (χ3n) is 2.81. The third kappa shape index (κ3) is 1.61. The molecule has 1 radical (unpaired) electrons. The molecular weight excluding hydrogens is 194 g/mol. The molecule has 0 aliphatic rings. The smallest absolute Gasteiger partial charge is 0.0483 e. The first-order valence-electron chi connectivity index (χ1n) is 5.42. The maximum atomic E-state index is 3.10. The summed E-state index contributed by atoms with van der Waals surface area (Å²) in [6.45, 7) is 0.925. The Morgan fingerprint density at radius 2 is 1.88 bits per heavy atom. The number of nitrogens with zero attached hydrogens (tertiary/aromatic N) is 1. The fourth-order valence-electron chi connectivity index (χ4n) is 2.00. The van der Waals surface area contributed by atoms with E-state index in [1.54, 1.807) is 0 Å². The average molecular weight is 206 g/mol. The molecule has 2 aromatic carbocycles. The van der Waals surface area contributed by atoms with Gasteiger partial charge in [0.1, 0.15) is 0 Å². The second-order valence-electron chi connectivity index (χ2n) is 3.91. The van der Waals surface area contributed by atoms with Crippen molar-refractivity contribution in [1.29, 1.82) is 0 Å². The van der Waals surface area contributed by atoms with Crippen molar-refractivity contribution in [3.63, 3.8) is 0 Å². The Kier molecular flexibility index (Phi) is 2.22. The highest BCUT2D eigenvalue weighted by Crippen LogP contribution is 2.16. The molecule has 0 amide bonds. The van der Waals surface area contributed by atoms with E-state index in [4.69, 9.17) is 0 Å². The Balaban J connectivity index is 2.01. The molecule has 16 heavy (non-hydrogen) atoms. The van der Waals surface area contributed by atoms with E-state index < -0.39 is 0 Å². The molecule has 0 aliphatic carbocycles. The first-order valence-corrected chi connectivity index (χ1v) is 5.42. The molecule has 0 saturated carbocycles. The summed E-state index contributed by atoms with van der Waals surface area (Å²) in [5.74, 6) is 0. The first-order chi connectivity index (χ1) is 7.93. The average Bonchev–Trinajstić information content (AvgIpc) is 2.74. The van der Waals surface area contributed by atoms with Gasteiger partial charge in [0, 0.05) is 23.6 Å². The molecule has 0 aliphatic heterocycles. The Labute approximate surface area is 95.0 Å². The van der Waals surface area contributed by atoms with E-state index >= 15 is 0 Å². The molecule has 1 heteroatoms. The van der Waals surface area contributed by atoms with Gasteiger partial charge in [-0.15, -0.1) is 0 Å². The van der Waals surface area contributed by atoms with Crippen LogP contribution in [0, 0.1) is 6.07 Å². The highest BCUT2D eigenvalue weighted by Gasteiger charge is 1.99. The van der Waals surface area contributed by atoms with Crippen LogP contribution in [0.5, 0.6) is 0 Å². The predicted molar refractivity (Wildman–Crippen MR) is 66.3 cm³/mol. The van der Waals surface area contributed by atoms with Crippen LogP contribution in [0.2, 0.25) is 0 Å². The lowest BCUT2D eigenvalue weighted by Gasteiger charge is -2.05. The van der Waals surface area contributed by atoms with E-state index in [9.17, 15) is 0 Å². The molecule has 0 unspecified atom stereocenters. The van der Waals surface area contributed by atoms with Gasteiger partial charge in [0.05, 0.1) is 0 Å². The lowest BCUT2D eigenvalue weighted by atomic mass is 10.2. The zero-order chi connectivity index (χ0) is 10.8. The van der Waals surface area contributed by atoms with Crippen LogP contribution in [0.1, 0.15) is 5.56 Å². The second-order valence-corrected chi connectivity index (χ2v) is 3.91. The lowest BCUT2D eigenvalue weighted by molar-refractivity contribution is 0.837. The molecule has 1 heterocycles. The number of rotatable bonds is 2. The molecular formula is C15H12N. The zero-order valence-electron chi connectivity index (χ0n) is 8.93. The Hall–Kier alpha value is -2.02. The number of aromatic nitrogens is 1. The van der Waals surface area contributed by atoms with Crippen LogP contribution in [0.15, 0.2) is 60.8 Å². The van der Waals surface area contributed by atoms with Crippen molar-refractivity contribution in [2.45, 2.75) is 6.54 Å². The van der Waals surface area contributed by atoms with Gasteiger partial charge < -0.3 is 4.57 Å². The summed E-state index contributed by atoms with van der Waals surface area (Å²) in [6, 6.07) is 21.8. The first kappa shape index (κ1) is 9.22. The van der Waals surface area contributed by atoms with Gasteiger partial charge in [-0.25, -0.2) is 0 Å². The molecule has 1 aromatic heterocycles. The second kappa shape index (κ2) is 3.86. The van der Waals surface area contributed by atoms with Crippen LogP contribution in [-0.2, 0) is 6.54 Å². The molecule has 0 fully saturated rings. The summed E-state index contributed by atoms with van der Waals surface area (Å²) in [7, 11) is 0. The van der Waals surface area contributed by atoms with Crippen molar-refractivity contribution in [3.05, 3.63) is 72.4 Å². The summed E-state index contributed by atoms with van der Waals surface area (Å²) >= 11 is 0. The fourth-order valence-corrected chi connectivity index (χ4v) is 2.00. The SMILES string of the molecule is [c]1ccc2c(c1)ccn2Cc1ccccc1. The molecule has 0 bridgehead atoms. The maximum absolute atomic E-state index is 3.10. The number of hydrogen-bond donors (Lipinski definition) is 0. The van der Waals surface area contributed by atoms with Crippen molar-refractivity contribution < 1.29 is 0 Å². The van der Waals surface area contributed by atoms with E-state index in [1.807, 2.05) is 18.2 Å². The van der Waals surface area contributed by atoms with Gasteiger partial charge in [0.15, 0.2) is 0 Å². The fraction of sp³-hybridized carbons (Fsp3) is 0.0667. The van der Waals surface area contributed by atoms with Gasteiger partial charge in [-0.2, -0.15) is 0 Å². The molecule has 3 rings (SSSR count). The molecule has 1 nitrogen and oxygen atoms in total. The van der Waals surface area contributed by atoms with Gasteiger partial charge in [-0.3, -0.25) is 0 Å². The van der Waals surface area contributed by atoms with Crippen molar-refractivity contribution in [3.8, 4) is 0 Å². The van der Waals surface area contributed by atoms with E-state index in [1.165, 1.54) is 16.5 Å². The molecule has 0 atom stereocenters.